The van der Waals surface area contributed by atoms with Crippen LogP contribution in [0.15, 0.2) is 34.9 Å². The Labute approximate surface area is 87.4 Å². The first-order valence-corrected chi connectivity index (χ1v) is 5.39. The molecule has 2 aliphatic rings. The van der Waals surface area contributed by atoms with Crippen molar-refractivity contribution < 1.29 is 0 Å². The Balaban J connectivity index is 2.49. The van der Waals surface area contributed by atoms with Crippen LogP contribution in [0, 0.1) is 24.2 Å². The minimum absolute atomic E-state index is 0.601. The average molecular weight is 186 g/mol. The van der Waals surface area contributed by atoms with Crippen LogP contribution in [0.2, 0.25) is 0 Å². The van der Waals surface area contributed by atoms with Gasteiger partial charge in [-0.25, -0.2) is 0 Å². The Hall–Kier alpha value is -0.780. The van der Waals surface area contributed by atoms with E-state index in [-0.39, 0.29) is 0 Å². The van der Waals surface area contributed by atoms with Crippen molar-refractivity contribution in [2.45, 2.75) is 27.7 Å². The molecule has 0 aromatic heterocycles. The summed E-state index contributed by atoms with van der Waals surface area (Å²) >= 11 is 0. The van der Waals surface area contributed by atoms with Gasteiger partial charge in [0.1, 0.15) is 0 Å². The average Bonchev–Trinajstić information content (AvgIpc) is 2.16. The van der Waals surface area contributed by atoms with Crippen molar-refractivity contribution in [3.05, 3.63) is 47.3 Å². The number of rotatable bonds is 0. The van der Waals surface area contributed by atoms with Crippen LogP contribution in [-0.4, -0.2) is 0 Å². The van der Waals surface area contributed by atoms with Crippen LogP contribution in [0.5, 0.6) is 0 Å². The maximum atomic E-state index is 2.32. The van der Waals surface area contributed by atoms with E-state index in [1.807, 2.05) is 0 Å². The van der Waals surface area contributed by atoms with Gasteiger partial charge >= 0.3 is 0 Å². The highest BCUT2D eigenvalue weighted by Gasteiger charge is 2.32. The smallest absolute Gasteiger partial charge is 0.0155 e. The summed E-state index contributed by atoms with van der Waals surface area (Å²) in [6.45, 7) is 9.02. The molecule has 0 fully saturated rings. The molecule has 74 valence electrons. The number of hydrogen-bond acceptors (Lipinski definition) is 0. The molecule has 0 spiro atoms. The molecular weight excluding hydrogens is 168 g/mol. The van der Waals surface area contributed by atoms with Gasteiger partial charge in [-0.1, -0.05) is 37.6 Å². The lowest BCUT2D eigenvalue weighted by molar-refractivity contribution is 0.579. The Morgan fingerprint density at radius 3 is 2.43 bits per heavy atom. The van der Waals surface area contributed by atoms with Gasteiger partial charge in [-0.15, -0.1) is 0 Å². The minimum Gasteiger partial charge on any atom is -0.0805 e. The van der Waals surface area contributed by atoms with Crippen molar-refractivity contribution in [2.75, 3.05) is 0 Å². The van der Waals surface area contributed by atoms with Gasteiger partial charge in [0.25, 0.3) is 0 Å². The minimum atomic E-state index is 0.601. The monoisotopic (exact) mass is 186 g/mol. The molecule has 2 radical (unpaired) electrons. The van der Waals surface area contributed by atoms with Crippen molar-refractivity contribution in [2.24, 2.45) is 11.8 Å². The van der Waals surface area contributed by atoms with Crippen molar-refractivity contribution >= 4 is 0 Å². The third-order valence-electron chi connectivity index (χ3n) is 3.33. The number of hydrogen-bond donors (Lipinski definition) is 0. The molecule has 0 heteroatoms. The molecule has 2 atom stereocenters. The van der Waals surface area contributed by atoms with E-state index in [9.17, 15) is 0 Å². The molecule has 2 unspecified atom stereocenters. The van der Waals surface area contributed by atoms with Crippen LogP contribution in [0.4, 0.5) is 0 Å². The second kappa shape index (κ2) is 3.42. The highest BCUT2D eigenvalue weighted by molar-refractivity contribution is 5.56. The van der Waals surface area contributed by atoms with Crippen LogP contribution in [-0.2, 0) is 0 Å². The molecule has 0 saturated heterocycles. The Kier molecular flexibility index (Phi) is 2.38. The molecule has 0 N–H and O–H groups in total. The summed E-state index contributed by atoms with van der Waals surface area (Å²) in [7, 11) is 0. The molecule has 2 rings (SSSR count). The van der Waals surface area contributed by atoms with Gasteiger partial charge in [0.15, 0.2) is 0 Å². The quantitative estimate of drug-likeness (QED) is 0.538. The van der Waals surface area contributed by atoms with Gasteiger partial charge in [-0.3, -0.25) is 0 Å². The Bertz CT molecular complexity index is 328. The van der Waals surface area contributed by atoms with Gasteiger partial charge in [-0.05, 0) is 43.3 Å². The van der Waals surface area contributed by atoms with Crippen LogP contribution in [0.1, 0.15) is 27.7 Å². The van der Waals surface area contributed by atoms with E-state index in [0.717, 1.165) is 0 Å². The summed E-state index contributed by atoms with van der Waals surface area (Å²) in [5.41, 5.74) is 4.36. The van der Waals surface area contributed by atoms with Crippen molar-refractivity contribution in [3.8, 4) is 0 Å². The molecular formula is C14H18. The maximum Gasteiger partial charge on any atom is 0.0155 e. The van der Waals surface area contributed by atoms with Gasteiger partial charge in [0.2, 0.25) is 0 Å². The zero-order valence-electron chi connectivity index (χ0n) is 9.46. The normalized spacial score (nSPS) is 33.0. The van der Waals surface area contributed by atoms with Gasteiger partial charge in [0.05, 0.1) is 0 Å². The molecule has 2 aliphatic carbocycles. The maximum absolute atomic E-state index is 2.32. The lowest BCUT2D eigenvalue weighted by Crippen LogP contribution is -2.25. The molecule has 0 bridgehead atoms. The predicted octanol–water partition coefficient (Wildman–Crippen LogP) is 3.88. The van der Waals surface area contributed by atoms with Gasteiger partial charge in [0, 0.05) is 5.92 Å². The second-order valence-electron chi connectivity index (χ2n) is 4.49. The number of fused-ring (bicyclic) bond motifs is 1. The molecule has 0 aliphatic heterocycles. The topological polar surface area (TPSA) is 0 Å². The first kappa shape index (κ1) is 9.76. The lowest BCUT2D eigenvalue weighted by Gasteiger charge is -2.36. The fraction of sp³-hybridized carbons (Fsp3) is 0.429. The van der Waals surface area contributed by atoms with Crippen LogP contribution < -0.4 is 0 Å². The number of allylic oxidation sites excluding steroid dienone is 6. The third-order valence-corrected chi connectivity index (χ3v) is 3.33. The predicted molar refractivity (Wildman–Crippen MR) is 61.5 cm³/mol. The Morgan fingerprint density at radius 1 is 1.07 bits per heavy atom. The third kappa shape index (κ3) is 1.37. The van der Waals surface area contributed by atoms with Crippen molar-refractivity contribution in [1.82, 2.24) is 0 Å². The standard InChI is InChI=1S/C14H18/c1-9-5-6-11(3)14-12(4)8-7-10(2)13(9)14/h5-10H,1-4H3. The molecule has 0 aromatic rings. The van der Waals surface area contributed by atoms with Crippen molar-refractivity contribution in [3.63, 3.8) is 0 Å². The first-order chi connectivity index (χ1) is 6.61. The Morgan fingerprint density at radius 2 is 1.79 bits per heavy atom. The summed E-state index contributed by atoms with van der Waals surface area (Å²) in [5, 5.41) is 0. The van der Waals surface area contributed by atoms with E-state index in [4.69, 9.17) is 0 Å². The van der Waals surface area contributed by atoms with E-state index in [1.54, 1.807) is 5.92 Å². The highest BCUT2D eigenvalue weighted by atomic mass is 14.4. The summed E-state index contributed by atoms with van der Waals surface area (Å²) < 4.78 is 0. The second-order valence-corrected chi connectivity index (χ2v) is 4.49. The zero-order chi connectivity index (χ0) is 10.3. The van der Waals surface area contributed by atoms with E-state index in [2.05, 4.69) is 52.3 Å². The summed E-state index contributed by atoms with van der Waals surface area (Å²) in [6.07, 6.45) is 9.16. The van der Waals surface area contributed by atoms with E-state index < -0.39 is 0 Å². The SMILES string of the molecule is CC1=C[CH]C(C)[C]2C1=C(C)C=CC2C. The van der Waals surface area contributed by atoms with Crippen LogP contribution in [0.25, 0.3) is 0 Å². The molecule has 0 heterocycles. The molecule has 0 aromatic carbocycles. The van der Waals surface area contributed by atoms with E-state index >= 15 is 0 Å². The summed E-state index contributed by atoms with van der Waals surface area (Å²) in [4.78, 5) is 0. The molecule has 0 saturated carbocycles. The lowest BCUT2D eigenvalue weighted by atomic mass is 9.67. The fourth-order valence-corrected chi connectivity index (χ4v) is 2.59. The highest BCUT2D eigenvalue weighted by Crippen LogP contribution is 2.44. The van der Waals surface area contributed by atoms with E-state index in [1.165, 1.54) is 16.7 Å². The summed E-state index contributed by atoms with van der Waals surface area (Å²) in [6, 6.07) is 0. The molecule has 0 nitrogen and oxygen atoms in total. The largest absolute Gasteiger partial charge is 0.0805 e. The summed E-state index contributed by atoms with van der Waals surface area (Å²) in [5.74, 6) is 2.80. The zero-order valence-corrected chi connectivity index (χ0v) is 9.46. The molecule has 0 amide bonds. The fourth-order valence-electron chi connectivity index (χ4n) is 2.59. The van der Waals surface area contributed by atoms with Crippen LogP contribution >= 0.6 is 0 Å². The first-order valence-electron chi connectivity index (χ1n) is 5.39. The van der Waals surface area contributed by atoms with E-state index in [0.29, 0.717) is 11.8 Å². The molecule has 14 heavy (non-hydrogen) atoms. The van der Waals surface area contributed by atoms with Crippen LogP contribution in [0.3, 0.4) is 0 Å². The van der Waals surface area contributed by atoms with Gasteiger partial charge < -0.3 is 0 Å². The van der Waals surface area contributed by atoms with Gasteiger partial charge in [-0.2, -0.15) is 0 Å². The van der Waals surface area contributed by atoms with Crippen molar-refractivity contribution in [1.29, 1.82) is 0 Å².